The van der Waals surface area contributed by atoms with Gasteiger partial charge >= 0.3 is 6.18 Å². The fraction of sp³-hybridized carbons (Fsp3) is 0.190. The predicted octanol–water partition coefficient (Wildman–Crippen LogP) is 5.22. The van der Waals surface area contributed by atoms with E-state index in [9.17, 15) is 23.3 Å². The first-order valence-electron chi connectivity index (χ1n) is 9.38. The van der Waals surface area contributed by atoms with Crippen LogP contribution in [0.3, 0.4) is 0 Å². The average Bonchev–Trinajstić information content (AvgIpc) is 3.21. The molecule has 2 aromatic carbocycles. The van der Waals surface area contributed by atoms with E-state index in [0.29, 0.717) is 13.1 Å². The molecule has 1 aromatic heterocycles. The topological polar surface area (TPSA) is 63.3 Å². The Hall–Kier alpha value is -3.40. The summed E-state index contributed by atoms with van der Waals surface area (Å²) in [4.78, 5) is 12.4. The van der Waals surface area contributed by atoms with Crippen LogP contribution < -0.4 is 5.32 Å². The lowest BCUT2D eigenvalue weighted by Gasteiger charge is -2.39. The van der Waals surface area contributed by atoms with Crippen molar-refractivity contribution in [1.29, 1.82) is 0 Å². The number of nitro groups is 1. The van der Waals surface area contributed by atoms with Gasteiger partial charge in [0.15, 0.2) is 5.11 Å². The number of nitrogens with zero attached hydrogens (tertiary/aromatic N) is 3. The molecule has 0 amide bonds. The fourth-order valence-electron chi connectivity index (χ4n) is 3.70. The van der Waals surface area contributed by atoms with Crippen LogP contribution in [0.2, 0.25) is 0 Å². The van der Waals surface area contributed by atoms with Crippen LogP contribution in [0.4, 0.5) is 24.5 Å². The number of thiocarbonyl (C=S) groups is 1. The maximum atomic E-state index is 13.0. The van der Waals surface area contributed by atoms with Gasteiger partial charge in [-0.25, -0.2) is 0 Å². The summed E-state index contributed by atoms with van der Waals surface area (Å²) >= 11 is 5.56. The number of alkyl halides is 3. The molecule has 0 fully saturated rings. The van der Waals surface area contributed by atoms with Crippen molar-refractivity contribution in [3.63, 3.8) is 0 Å². The Morgan fingerprint density at radius 1 is 1.10 bits per heavy atom. The zero-order valence-electron chi connectivity index (χ0n) is 16.0. The molecule has 160 valence electrons. The minimum atomic E-state index is -4.45. The normalized spacial score (nSPS) is 16.0. The smallest absolute Gasteiger partial charge is 0.348 e. The number of hydrogen-bond acceptors (Lipinski definition) is 3. The van der Waals surface area contributed by atoms with Gasteiger partial charge in [0, 0.05) is 42.8 Å². The second-order valence-corrected chi connectivity index (χ2v) is 7.47. The summed E-state index contributed by atoms with van der Waals surface area (Å²) < 4.78 is 41.2. The van der Waals surface area contributed by atoms with E-state index in [2.05, 4.69) is 9.88 Å². The number of halogens is 3. The van der Waals surface area contributed by atoms with Gasteiger partial charge in [0.2, 0.25) is 0 Å². The highest BCUT2D eigenvalue weighted by atomic mass is 32.1. The Bertz CT molecular complexity index is 1130. The second kappa shape index (κ2) is 8.03. The number of nitrogens with one attached hydrogen (secondary N) is 1. The Morgan fingerprint density at radius 3 is 2.52 bits per heavy atom. The standard InChI is InChI=1S/C21H17F3N4O2S/c22-21(23,24)15-3-1-4-16(13-15)25-20(31)27-12-11-26-10-2-5-18(26)19(27)14-6-8-17(9-7-14)28(29)30/h1-10,13,19H,11-12H2,(H,25,31). The van der Waals surface area contributed by atoms with Gasteiger partial charge in [-0.05, 0) is 60.2 Å². The zero-order chi connectivity index (χ0) is 22.2. The fourth-order valence-corrected chi connectivity index (χ4v) is 4.01. The Labute approximate surface area is 181 Å². The molecule has 0 bridgehead atoms. The number of fused-ring (bicyclic) bond motifs is 1. The molecule has 10 heteroatoms. The quantitative estimate of drug-likeness (QED) is 0.340. The van der Waals surface area contributed by atoms with E-state index in [1.165, 1.54) is 24.3 Å². The van der Waals surface area contributed by atoms with Crippen LogP contribution in [0.1, 0.15) is 22.9 Å². The van der Waals surface area contributed by atoms with Gasteiger partial charge in [0.1, 0.15) is 0 Å². The van der Waals surface area contributed by atoms with Crippen molar-refractivity contribution in [1.82, 2.24) is 9.47 Å². The van der Waals surface area contributed by atoms with Crippen LogP contribution in [-0.4, -0.2) is 26.0 Å². The van der Waals surface area contributed by atoms with Gasteiger partial charge in [-0.2, -0.15) is 13.2 Å². The van der Waals surface area contributed by atoms with Crippen molar-refractivity contribution in [2.45, 2.75) is 18.8 Å². The van der Waals surface area contributed by atoms with Gasteiger partial charge in [-0.3, -0.25) is 10.1 Å². The summed E-state index contributed by atoms with van der Waals surface area (Å²) in [5.41, 5.74) is 1.18. The highest BCUT2D eigenvalue weighted by Gasteiger charge is 2.32. The highest BCUT2D eigenvalue weighted by Crippen LogP contribution is 2.34. The third kappa shape index (κ3) is 4.24. The predicted molar refractivity (Wildman–Crippen MR) is 114 cm³/mol. The maximum Gasteiger partial charge on any atom is 0.416 e. The minimum Gasteiger partial charge on any atom is -0.348 e. The van der Waals surface area contributed by atoms with Crippen molar-refractivity contribution in [3.8, 4) is 0 Å². The maximum absolute atomic E-state index is 13.0. The molecule has 2 heterocycles. The number of non-ortho nitro benzene ring substituents is 1. The number of nitro benzene ring substituents is 1. The summed E-state index contributed by atoms with van der Waals surface area (Å²) in [5, 5.41) is 14.2. The average molecular weight is 446 g/mol. The van der Waals surface area contributed by atoms with Crippen molar-refractivity contribution in [2.75, 3.05) is 11.9 Å². The molecule has 1 N–H and O–H groups in total. The number of hydrogen-bond donors (Lipinski definition) is 1. The Morgan fingerprint density at radius 2 is 1.84 bits per heavy atom. The molecular formula is C21H17F3N4O2S. The molecular weight excluding hydrogens is 429 g/mol. The molecule has 0 aliphatic carbocycles. The van der Waals surface area contributed by atoms with Crippen molar-refractivity contribution < 1.29 is 18.1 Å². The molecule has 1 aliphatic rings. The molecule has 0 saturated carbocycles. The number of aromatic nitrogens is 1. The van der Waals surface area contributed by atoms with Gasteiger partial charge in [0.05, 0.1) is 16.5 Å². The first-order chi connectivity index (χ1) is 14.7. The van der Waals surface area contributed by atoms with Gasteiger partial charge in [0.25, 0.3) is 5.69 Å². The Kier molecular flexibility index (Phi) is 5.40. The molecule has 1 aliphatic heterocycles. The van der Waals surface area contributed by atoms with Crippen LogP contribution in [0.25, 0.3) is 0 Å². The molecule has 0 saturated heterocycles. The first-order valence-corrected chi connectivity index (χ1v) is 9.79. The SMILES string of the molecule is O=[N+]([O-])c1ccc(C2c3cccn3CCN2C(=S)Nc2cccc(C(F)(F)F)c2)cc1. The van der Waals surface area contributed by atoms with E-state index in [0.717, 1.165) is 23.4 Å². The van der Waals surface area contributed by atoms with E-state index in [4.69, 9.17) is 12.2 Å². The third-order valence-corrected chi connectivity index (χ3v) is 5.50. The monoisotopic (exact) mass is 446 g/mol. The van der Waals surface area contributed by atoms with E-state index < -0.39 is 16.7 Å². The Balaban J connectivity index is 1.64. The summed E-state index contributed by atoms with van der Waals surface area (Å²) in [6.07, 6.45) is -2.51. The van der Waals surface area contributed by atoms with Crippen LogP contribution in [0, 0.1) is 10.1 Å². The van der Waals surface area contributed by atoms with Crippen molar-refractivity contribution in [2.24, 2.45) is 0 Å². The van der Waals surface area contributed by atoms with E-state index >= 15 is 0 Å². The van der Waals surface area contributed by atoms with Gasteiger partial charge < -0.3 is 14.8 Å². The molecule has 1 atom stereocenters. The van der Waals surface area contributed by atoms with Crippen LogP contribution in [0.15, 0.2) is 66.9 Å². The van der Waals surface area contributed by atoms with E-state index in [-0.39, 0.29) is 22.5 Å². The van der Waals surface area contributed by atoms with E-state index in [1.807, 2.05) is 23.2 Å². The molecule has 0 radical (unpaired) electrons. The molecule has 1 unspecified atom stereocenters. The van der Waals surface area contributed by atoms with Crippen LogP contribution in [0.5, 0.6) is 0 Å². The lowest BCUT2D eigenvalue weighted by atomic mass is 10.00. The molecule has 4 rings (SSSR count). The third-order valence-electron chi connectivity index (χ3n) is 5.16. The first kappa shape index (κ1) is 20.9. The second-order valence-electron chi connectivity index (χ2n) is 7.08. The van der Waals surface area contributed by atoms with Crippen molar-refractivity contribution >= 4 is 28.7 Å². The lowest BCUT2D eigenvalue weighted by molar-refractivity contribution is -0.384. The highest BCUT2D eigenvalue weighted by molar-refractivity contribution is 7.80. The largest absolute Gasteiger partial charge is 0.416 e. The van der Waals surface area contributed by atoms with E-state index in [1.54, 1.807) is 12.1 Å². The lowest BCUT2D eigenvalue weighted by Crippen LogP contribution is -2.44. The van der Waals surface area contributed by atoms with Crippen LogP contribution >= 0.6 is 12.2 Å². The zero-order valence-corrected chi connectivity index (χ0v) is 16.9. The van der Waals surface area contributed by atoms with Gasteiger partial charge in [-0.1, -0.05) is 6.07 Å². The molecule has 0 spiro atoms. The number of benzene rings is 2. The van der Waals surface area contributed by atoms with Gasteiger partial charge in [-0.15, -0.1) is 0 Å². The molecule has 6 nitrogen and oxygen atoms in total. The molecule has 3 aromatic rings. The minimum absolute atomic E-state index is 0.0221. The van der Waals surface area contributed by atoms with Crippen LogP contribution in [-0.2, 0) is 12.7 Å². The van der Waals surface area contributed by atoms with Crippen molar-refractivity contribution in [3.05, 3.63) is 93.8 Å². The summed E-state index contributed by atoms with van der Waals surface area (Å²) in [6.45, 7) is 1.17. The summed E-state index contributed by atoms with van der Waals surface area (Å²) in [7, 11) is 0. The number of rotatable bonds is 3. The molecule has 31 heavy (non-hydrogen) atoms. The summed E-state index contributed by atoms with van der Waals surface area (Å²) in [5.74, 6) is 0. The number of anilines is 1. The summed E-state index contributed by atoms with van der Waals surface area (Å²) in [6, 6.07) is 14.6.